The molecule has 0 heterocycles. The molecule has 0 aliphatic carbocycles. The van der Waals surface area contributed by atoms with Crippen molar-refractivity contribution >= 4 is 11.6 Å². The maximum Gasteiger partial charge on any atom is 0.145 e. The molecule has 18 heavy (non-hydrogen) atoms. The van der Waals surface area contributed by atoms with Gasteiger partial charge in [-0.05, 0) is 38.1 Å². The smallest absolute Gasteiger partial charge is 0.145 e. The van der Waals surface area contributed by atoms with Gasteiger partial charge in [-0.15, -0.1) is 0 Å². The van der Waals surface area contributed by atoms with Crippen molar-refractivity contribution in [1.29, 1.82) is 0 Å². The Morgan fingerprint density at radius 1 is 1.22 bits per heavy atom. The minimum atomic E-state index is -0.431. The summed E-state index contributed by atoms with van der Waals surface area (Å²) in [6.07, 6.45) is 4.53. The lowest BCUT2D eigenvalue weighted by Gasteiger charge is -2.06. The zero-order chi connectivity index (χ0) is 13.2. The Kier molecular flexibility index (Phi) is 7.78. The van der Waals surface area contributed by atoms with Crippen LogP contribution < -0.4 is 10.1 Å². The second-order valence-electron chi connectivity index (χ2n) is 4.19. The van der Waals surface area contributed by atoms with Gasteiger partial charge in [0, 0.05) is 6.07 Å². The number of hydrogen-bond acceptors (Lipinski definition) is 2. The first-order chi connectivity index (χ1) is 8.74. The minimum absolute atomic E-state index is 0.130. The third-order valence-electron chi connectivity index (χ3n) is 2.66. The summed E-state index contributed by atoms with van der Waals surface area (Å²) in [5, 5.41) is 3.42. The van der Waals surface area contributed by atoms with Crippen molar-refractivity contribution in [3.8, 4) is 5.75 Å². The minimum Gasteiger partial charge on any atom is -0.493 e. The fraction of sp³-hybridized carbons (Fsp3) is 0.571. The number of hydrogen-bond donors (Lipinski definition) is 1. The van der Waals surface area contributed by atoms with E-state index < -0.39 is 5.82 Å². The van der Waals surface area contributed by atoms with Crippen LogP contribution >= 0.6 is 11.6 Å². The van der Waals surface area contributed by atoms with Crippen LogP contribution in [0.1, 0.15) is 32.6 Å². The normalized spacial score (nSPS) is 10.6. The van der Waals surface area contributed by atoms with Gasteiger partial charge in [0.2, 0.25) is 0 Å². The van der Waals surface area contributed by atoms with Gasteiger partial charge in [0.15, 0.2) is 0 Å². The molecule has 0 radical (unpaired) electrons. The Labute approximate surface area is 113 Å². The third kappa shape index (κ3) is 6.22. The van der Waals surface area contributed by atoms with Crippen LogP contribution in [-0.2, 0) is 0 Å². The Hall–Kier alpha value is -0.800. The molecular formula is C14H21ClFNO. The highest BCUT2D eigenvalue weighted by molar-refractivity contribution is 6.30. The van der Waals surface area contributed by atoms with Crippen molar-refractivity contribution in [2.24, 2.45) is 0 Å². The van der Waals surface area contributed by atoms with Crippen LogP contribution in [0.3, 0.4) is 0 Å². The third-order valence-corrected chi connectivity index (χ3v) is 2.96. The van der Waals surface area contributed by atoms with E-state index in [4.69, 9.17) is 16.3 Å². The SMILES string of the molecule is CCNCCCCCCOc1ccc(Cl)c(F)c1. The Morgan fingerprint density at radius 2 is 2.00 bits per heavy atom. The molecule has 0 aliphatic heterocycles. The molecule has 102 valence electrons. The maximum atomic E-state index is 13.1. The van der Waals surface area contributed by atoms with Crippen LogP contribution in [0.25, 0.3) is 0 Å². The van der Waals surface area contributed by atoms with Gasteiger partial charge in [-0.25, -0.2) is 4.39 Å². The van der Waals surface area contributed by atoms with E-state index in [1.165, 1.54) is 25.0 Å². The summed E-state index contributed by atoms with van der Waals surface area (Å²) in [4.78, 5) is 0. The Bertz CT molecular complexity index is 347. The summed E-state index contributed by atoms with van der Waals surface area (Å²) in [5.41, 5.74) is 0. The molecule has 1 N–H and O–H groups in total. The number of halogens is 2. The highest BCUT2D eigenvalue weighted by atomic mass is 35.5. The summed E-state index contributed by atoms with van der Waals surface area (Å²) in [7, 11) is 0. The van der Waals surface area contributed by atoms with E-state index in [1.54, 1.807) is 6.07 Å². The molecular weight excluding hydrogens is 253 g/mol. The molecule has 0 bridgehead atoms. The Morgan fingerprint density at radius 3 is 2.72 bits per heavy atom. The van der Waals surface area contributed by atoms with Gasteiger partial charge in [-0.2, -0.15) is 0 Å². The number of unbranched alkanes of at least 4 members (excludes halogenated alkanes) is 3. The van der Waals surface area contributed by atoms with E-state index in [1.807, 2.05) is 0 Å². The first-order valence-corrected chi connectivity index (χ1v) is 6.90. The van der Waals surface area contributed by atoms with Crippen molar-refractivity contribution < 1.29 is 9.13 Å². The molecule has 0 unspecified atom stereocenters. The lowest BCUT2D eigenvalue weighted by Crippen LogP contribution is -2.13. The molecule has 2 nitrogen and oxygen atoms in total. The molecule has 4 heteroatoms. The molecule has 0 saturated heterocycles. The van der Waals surface area contributed by atoms with Crippen molar-refractivity contribution in [3.05, 3.63) is 29.0 Å². The molecule has 0 atom stereocenters. The van der Waals surface area contributed by atoms with Gasteiger partial charge in [0.25, 0.3) is 0 Å². The molecule has 1 aromatic rings. The molecule has 1 rings (SSSR count). The topological polar surface area (TPSA) is 21.3 Å². The van der Waals surface area contributed by atoms with Gasteiger partial charge >= 0.3 is 0 Å². The van der Waals surface area contributed by atoms with Crippen LogP contribution in [0.15, 0.2) is 18.2 Å². The van der Waals surface area contributed by atoms with E-state index in [9.17, 15) is 4.39 Å². The highest BCUT2D eigenvalue weighted by Gasteiger charge is 2.01. The van der Waals surface area contributed by atoms with Gasteiger partial charge in [0.05, 0.1) is 11.6 Å². The van der Waals surface area contributed by atoms with Crippen LogP contribution in [0, 0.1) is 5.82 Å². The first kappa shape index (κ1) is 15.3. The molecule has 0 aliphatic rings. The van der Waals surface area contributed by atoms with Crippen molar-refractivity contribution in [1.82, 2.24) is 5.32 Å². The molecule has 0 aromatic heterocycles. The lowest BCUT2D eigenvalue weighted by molar-refractivity contribution is 0.303. The first-order valence-electron chi connectivity index (χ1n) is 6.52. The summed E-state index contributed by atoms with van der Waals surface area (Å²) in [6.45, 7) is 4.85. The fourth-order valence-corrected chi connectivity index (χ4v) is 1.76. The second-order valence-corrected chi connectivity index (χ2v) is 4.60. The number of rotatable bonds is 9. The zero-order valence-corrected chi connectivity index (χ0v) is 11.6. The van der Waals surface area contributed by atoms with E-state index in [-0.39, 0.29) is 5.02 Å². The number of benzene rings is 1. The highest BCUT2D eigenvalue weighted by Crippen LogP contribution is 2.20. The van der Waals surface area contributed by atoms with Crippen molar-refractivity contribution in [3.63, 3.8) is 0 Å². The van der Waals surface area contributed by atoms with Crippen LogP contribution in [-0.4, -0.2) is 19.7 Å². The standard InChI is InChI=1S/C14H21ClFNO/c1-2-17-9-5-3-4-6-10-18-12-7-8-13(15)14(16)11-12/h7-8,11,17H,2-6,9-10H2,1H3. The van der Waals surface area contributed by atoms with Gasteiger partial charge in [0.1, 0.15) is 11.6 Å². The summed E-state index contributed by atoms with van der Waals surface area (Å²) >= 11 is 5.59. The summed E-state index contributed by atoms with van der Waals surface area (Å²) < 4.78 is 18.6. The number of ether oxygens (including phenoxy) is 1. The summed E-state index contributed by atoms with van der Waals surface area (Å²) in [6, 6.07) is 4.53. The van der Waals surface area contributed by atoms with Gasteiger partial charge in [-0.3, -0.25) is 0 Å². The quantitative estimate of drug-likeness (QED) is 0.686. The van der Waals surface area contributed by atoms with E-state index >= 15 is 0 Å². The fourth-order valence-electron chi connectivity index (χ4n) is 1.64. The molecule has 1 aromatic carbocycles. The lowest BCUT2D eigenvalue weighted by atomic mass is 10.2. The molecule has 0 fully saturated rings. The average molecular weight is 274 g/mol. The van der Waals surface area contributed by atoms with Crippen molar-refractivity contribution in [2.75, 3.05) is 19.7 Å². The van der Waals surface area contributed by atoms with E-state index in [2.05, 4.69) is 12.2 Å². The van der Waals surface area contributed by atoms with E-state index in [0.717, 1.165) is 25.9 Å². The second kappa shape index (κ2) is 9.17. The Balaban J connectivity index is 2.05. The monoisotopic (exact) mass is 273 g/mol. The van der Waals surface area contributed by atoms with Crippen LogP contribution in [0.4, 0.5) is 4.39 Å². The zero-order valence-electron chi connectivity index (χ0n) is 10.8. The molecule has 0 spiro atoms. The van der Waals surface area contributed by atoms with E-state index in [0.29, 0.717) is 12.4 Å². The predicted octanol–water partition coefficient (Wildman–Crippen LogP) is 4.03. The van der Waals surface area contributed by atoms with Crippen LogP contribution in [0.5, 0.6) is 5.75 Å². The maximum absolute atomic E-state index is 13.1. The number of nitrogens with one attached hydrogen (secondary N) is 1. The van der Waals surface area contributed by atoms with Crippen molar-refractivity contribution in [2.45, 2.75) is 32.6 Å². The molecule has 0 amide bonds. The van der Waals surface area contributed by atoms with Gasteiger partial charge in [-0.1, -0.05) is 31.4 Å². The largest absolute Gasteiger partial charge is 0.493 e. The predicted molar refractivity (Wildman–Crippen MR) is 73.9 cm³/mol. The van der Waals surface area contributed by atoms with Gasteiger partial charge < -0.3 is 10.1 Å². The molecule has 0 saturated carbocycles. The van der Waals surface area contributed by atoms with Crippen LogP contribution in [0.2, 0.25) is 5.02 Å². The summed E-state index contributed by atoms with van der Waals surface area (Å²) in [5.74, 6) is 0.115. The average Bonchev–Trinajstić information content (AvgIpc) is 2.37.